The van der Waals surface area contributed by atoms with Gasteiger partial charge in [-0.15, -0.1) is 0 Å². The van der Waals surface area contributed by atoms with E-state index in [0.29, 0.717) is 5.56 Å². The minimum atomic E-state index is 0.674. The molecule has 0 fully saturated rings. The van der Waals surface area contributed by atoms with Crippen LogP contribution in [-0.2, 0) is 6.42 Å². The monoisotopic (exact) mass is 186 g/mol. The van der Waals surface area contributed by atoms with Crippen molar-refractivity contribution < 1.29 is 0 Å². The maximum absolute atomic E-state index is 8.86. The minimum absolute atomic E-state index is 0.674. The highest BCUT2D eigenvalue weighted by atomic mass is 14.7. The van der Waals surface area contributed by atoms with Crippen LogP contribution in [0.15, 0.2) is 29.5 Å². The first-order valence-electron chi connectivity index (χ1n) is 4.62. The van der Waals surface area contributed by atoms with Crippen LogP contribution in [-0.4, -0.2) is 4.98 Å². The fraction of sp³-hybridized carbons (Fsp3) is 0.333. The van der Waals surface area contributed by atoms with E-state index in [0.717, 1.165) is 12.1 Å². The molecule has 0 aliphatic heterocycles. The molecular formula is C12H14N2. The third kappa shape index (κ3) is 2.43. The van der Waals surface area contributed by atoms with Crippen molar-refractivity contribution in [3.05, 3.63) is 40.7 Å². The van der Waals surface area contributed by atoms with Gasteiger partial charge in [-0.05, 0) is 32.9 Å². The van der Waals surface area contributed by atoms with Crippen LogP contribution in [0.25, 0.3) is 0 Å². The third-order valence-corrected chi connectivity index (χ3v) is 2.30. The lowest BCUT2D eigenvalue weighted by atomic mass is 10.0. The predicted molar refractivity (Wildman–Crippen MR) is 56.7 cm³/mol. The van der Waals surface area contributed by atoms with Gasteiger partial charge < -0.3 is 0 Å². The highest BCUT2D eigenvalue weighted by Crippen LogP contribution is 2.12. The Morgan fingerprint density at radius 1 is 1.43 bits per heavy atom. The molecule has 0 N–H and O–H groups in total. The molecule has 0 radical (unpaired) electrons. The first-order chi connectivity index (χ1) is 6.65. The lowest BCUT2D eigenvalue weighted by Gasteiger charge is -2.04. The highest BCUT2D eigenvalue weighted by Gasteiger charge is 2.03. The first kappa shape index (κ1) is 10.5. The van der Waals surface area contributed by atoms with Crippen LogP contribution in [0.3, 0.4) is 0 Å². The molecule has 0 amide bonds. The van der Waals surface area contributed by atoms with Gasteiger partial charge in [-0.25, -0.2) is 0 Å². The first-order valence-corrected chi connectivity index (χ1v) is 4.62. The van der Waals surface area contributed by atoms with Gasteiger partial charge in [0.25, 0.3) is 0 Å². The van der Waals surface area contributed by atoms with Crippen molar-refractivity contribution in [3.8, 4) is 6.07 Å². The molecule has 1 heterocycles. The fourth-order valence-electron chi connectivity index (χ4n) is 1.11. The second-order valence-corrected chi connectivity index (χ2v) is 3.57. The SMILES string of the molecule is CC(C)=C(C)Cc1ncccc1C#N. The highest BCUT2D eigenvalue weighted by molar-refractivity contribution is 5.35. The summed E-state index contributed by atoms with van der Waals surface area (Å²) in [6, 6.07) is 5.75. The number of aromatic nitrogens is 1. The van der Waals surface area contributed by atoms with Crippen molar-refractivity contribution in [1.29, 1.82) is 5.26 Å². The molecule has 14 heavy (non-hydrogen) atoms. The van der Waals surface area contributed by atoms with Crippen molar-refractivity contribution in [2.75, 3.05) is 0 Å². The van der Waals surface area contributed by atoms with Crippen LogP contribution in [0.4, 0.5) is 0 Å². The number of hydrogen-bond acceptors (Lipinski definition) is 2. The van der Waals surface area contributed by atoms with Crippen molar-refractivity contribution in [3.63, 3.8) is 0 Å². The van der Waals surface area contributed by atoms with Crippen LogP contribution in [0.5, 0.6) is 0 Å². The van der Waals surface area contributed by atoms with Gasteiger partial charge in [0.15, 0.2) is 0 Å². The lowest BCUT2D eigenvalue weighted by Crippen LogP contribution is -1.96. The van der Waals surface area contributed by atoms with Crippen LogP contribution in [0, 0.1) is 11.3 Å². The van der Waals surface area contributed by atoms with Crippen LogP contribution in [0.1, 0.15) is 32.0 Å². The van der Waals surface area contributed by atoms with Gasteiger partial charge >= 0.3 is 0 Å². The van der Waals surface area contributed by atoms with E-state index in [1.807, 2.05) is 0 Å². The zero-order valence-corrected chi connectivity index (χ0v) is 8.83. The Hall–Kier alpha value is -1.62. The molecule has 0 aromatic carbocycles. The number of allylic oxidation sites excluding steroid dienone is 2. The van der Waals surface area contributed by atoms with Gasteiger partial charge in [0.05, 0.1) is 11.3 Å². The summed E-state index contributed by atoms with van der Waals surface area (Å²) in [6.45, 7) is 6.22. The van der Waals surface area contributed by atoms with E-state index in [-0.39, 0.29) is 0 Å². The van der Waals surface area contributed by atoms with Crippen molar-refractivity contribution in [2.24, 2.45) is 0 Å². The van der Waals surface area contributed by atoms with Crippen molar-refractivity contribution >= 4 is 0 Å². The number of nitriles is 1. The summed E-state index contributed by atoms with van der Waals surface area (Å²) < 4.78 is 0. The van der Waals surface area contributed by atoms with Gasteiger partial charge in [-0.2, -0.15) is 5.26 Å². The standard InChI is InChI=1S/C12H14N2/c1-9(2)10(3)7-12-11(8-13)5-4-6-14-12/h4-6H,7H2,1-3H3. The van der Waals surface area contributed by atoms with Crippen molar-refractivity contribution in [2.45, 2.75) is 27.2 Å². The number of rotatable bonds is 2. The average molecular weight is 186 g/mol. The molecule has 1 aromatic heterocycles. The van der Waals surface area contributed by atoms with E-state index in [2.05, 4.69) is 31.8 Å². The van der Waals surface area contributed by atoms with Crippen LogP contribution in [0.2, 0.25) is 0 Å². The normalized spacial score (nSPS) is 9.29. The lowest BCUT2D eigenvalue weighted by molar-refractivity contribution is 1.01. The Morgan fingerprint density at radius 3 is 2.71 bits per heavy atom. The second-order valence-electron chi connectivity index (χ2n) is 3.57. The fourth-order valence-corrected chi connectivity index (χ4v) is 1.11. The average Bonchev–Trinajstić information content (AvgIpc) is 2.18. The zero-order chi connectivity index (χ0) is 10.6. The summed E-state index contributed by atoms with van der Waals surface area (Å²) in [5.41, 5.74) is 4.11. The molecule has 0 unspecified atom stereocenters. The summed E-state index contributed by atoms with van der Waals surface area (Å²) in [5.74, 6) is 0. The molecule has 0 saturated carbocycles. The molecule has 0 spiro atoms. The predicted octanol–water partition coefficient (Wildman–Crippen LogP) is 2.85. The Morgan fingerprint density at radius 2 is 2.14 bits per heavy atom. The molecule has 0 aliphatic rings. The van der Waals surface area contributed by atoms with Gasteiger partial charge in [-0.1, -0.05) is 11.1 Å². The quantitative estimate of drug-likeness (QED) is 0.666. The van der Waals surface area contributed by atoms with Gasteiger partial charge in [-0.3, -0.25) is 4.98 Å². The molecule has 1 aromatic rings. The van der Waals surface area contributed by atoms with Crippen LogP contribution >= 0.6 is 0 Å². The number of pyridine rings is 1. The van der Waals surface area contributed by atoms with Gasteiger partial charge in [0.2, 0.25) is 0 Å². The van der Waals surface area contributed by atoms with Crippen LogP contribution < -0.4 is 0 Å². The summed E-state index contributed by atoms with van der Waals surface area (Å²) in [4.78, 5) is 4.22. The van der Waals surface area contributed by atoms with Gasteiger partial charge in [0.1, 0.15) is 6.07 Å². The Bertz CT molecular complexity index is 393. The van der Waals surface area contributed by atoms with E-state index >= 15 is 0 Å². The number of nitrogens with zero attached hydrogens (tertiary/aromatic N) is 2. The Labute approximate surface area is 84.9 Å². The molecular weight excluding hydrogens is 172 g/mol. The van der Waals surface area contributed by atoms with E-state index in [9.17, 15) is 0 Å². The van der Waals surface area contributed by atoms with E-state index in [1.54, 1.807) is 18.3 Å². The summed E-state index contributed by atoms with van der Waals surface area (Å²) >= 11 is 0. The summed E-state index contributed by atoms with van der Waals surface area (Å²) in [5, 5.41) is 8.86. The molecule has 0 aliphatic carbocycles. The Kier molecular flexibility index (Phi) is 3.41. The molecule has 0 atom stereocenters. The molecule has 1 rings (SSSR count). The van der Waals surface area contributed by atoms with E-state index in [4.69, 9.17) is 5.26 Å². The number of hydrogen-bond donors (Lipinski definition) is 0. The second kappa shape index (κ2) is 4.57. The zero-order valence-electron chi connectivity index (χ0n) is 8.83. The molecule has 0 bridgehead atoms. The molecule has 2 nitrogen and oxygen atoms in total. The largest absolute Gasteiger partial charge is 0.260 e. The van der Waals surface area contributed by atoms with Gasteiger partial charge in [0, 0.05) is 12.6 Å². The summed E-state index contributed by atoms with van der Waals surface area (Å²) in [6.07, 6.45) is 2.50. The third-order valence-electron chi connectivity index (χ3n) is 2.30. The topological polar surface area (TPSA) is 36.7 Å². The maximum Gasteiger partial charge on any atom is 0.101 e. The van der Waals surface area contributed by atoms with Crippen molar-refractivity contribution in [1.82, 2.24) is 4.98 Å². The molecule has 2 heteroatoms. The molecule has 0 saturated heterocycles. The minimum Gasteiger partial charge on any atom is -0.260 e. The Balaban J connectivity index is 2.99. The van der Waals surface area contributed by atoms with E-state index < -0.39 is 0 Å². The maximum atomic E-state index is 8.86. The smallest absolute Gasteiger partial charge is 0.101 e. The van der Waals surface area contributed by atoms with E-state index in [1.165, 1.54) is 11.1 Å². The summed E-state index contributed by atoms with van der Waals surface area (Å²) in [7, 11) is 0. The molecule has 72 valence electrons.